The summed E-state index contributed by atoms with van der Waals surface area (Å²) in [4.78, 5) is 7.99. The Morgan fingerprint density at radius 1 is 0.700 bits per heavy atom. The number of hydrogen-bond acceptors (Lipinski definition) is 3. The van der Waals surface area contributed by atoms with Crippen LogP contribution in [0.2, 0.25) is 0 Å². The SMILES string of the molecule is S=c1[nH]c(=S)[nH]c(=S)[nH]1.[K]. The van der Waals surface area contributed by atoms with Crippen LogP contribution in [0.1, 0.15) is 0 Å². The number of H-pyrrole nitrogens is 3. The van der Waals surface area contributed by atoms with E-state index < -0.39 is 0 Å². The zero-order valence-electron chi connectivity index (χ0n) is 5.22. The number of aromatic nitrogens is 3. The van der Waals surface area contributed by atoms with Crippen LogP contribution in [0.4, 0.5) is 0 Å². The van der Waals surface area contributed by atoms with Crippen LogP contribution >= 0.6 is 36.7 Å². The fraction of sp³-hybridized carbons (Fsp3) is 0. The standard InChI is InChI=1S/C3H3N3S3.K/c7-1-4-2(8)6-3(9)5-1;/h(H3,4,5,6,7,8,9);. The van der Waals surface area contributed by atoms with Gasteiger partial charge in [-0.05, 0) is 36.7 Å². The van der Waals surface area contributed by atoms with Gasteiger partial charge in [-0.2, -0.15) is 0 Å². The summed E-state index contributed by atoms with van der Waals surface area (Å²) < 4.78 is 1.34. The third kappa shape index (κ3) is 3.63. The predicted molar refractivity (Wildman–Crippen MR) is 47.8 cm³/mol. The van der Waals surface area contributed by atoms with Crippen molar-refractivity contribution in [3.63, 3.8) is 0 Å². The fourth-order valence-corrected chi connectivity index (χ4v) is 1.21. The summed E-state index contributed by atoms with van der Waals surface area (Å²) in [5.41, 5.74) is 0. The molecule has 3 nitrogen and oxygen atoms in total. The summed E-state index contributed by atoms with van der Waals surface area (Å²) in [6.45, 7) is 0. The molecular weight excluding hydrogens is 213 g/mol. The molecule has 1 aromatic heterocycles. The Kier molecular flexibility index (Phi) is 5.70. The van der Waals surface area contributed by atoms with Crippen LogP contribution in [0.5, 0.6) is 0 Å². The molecule has 0 aromatic carbocycles. The average molecular weight is 216 g/mol. The molecule has 0 saturated carbocycles. The van der Waals surface area contributed by atoms with Gasteiger partial charge in [0.15, 0.2) is 14.3 Å². The Morgan fingerprint density at radius 2 is 0.900 bits per heavy atom. The van der Waals surface area contributed by atoms with Crippen molar-refractivity contribution >= 4 is 88.0 Å². The molecule has 0 fully saturated rings. The molecule has 0 unspecified atom stereocenters. The van der Waals surface area contributed by atoms with E-state index in [1.54, 1.807) is 0 Å². The van der Waals surface area contributed by atoms with Gasteiger partial charge in [0.2, 0.25) is 0 Å². The summed E-state index contributed by atoms with van der Waals surface area (Å²) in [5, 5.41) is 0. The van der Waals surface area contributed by atoms with Gasteiger partial charge in [0.05, 0.1) is 0 Å². The Bertz CT molecular complexity index is 281. The normalized spacial score (nSPS) is 8.40. The first-order chi connectivity index (χ1) is 4.18. The van der Waals surface area contributed by atoms with Crippen LogP contribution in [-0.2, 0) is 0 Å². The van der Waals surface area contributed by atoms with Crippen molar-refractivity contribution in [1.82, 2.24) is 15.0 Å². The summed E-state index contributed by atoms with van der Waals surface area (Å²) in [6.07, 6.45) is 0. The van der Waals surface area contributed by atoms with E-state index >= 15 is 0 Å². The fourth-order valence-electron chi connectivity index (χ4n) is 0.403. The van der Waals surface area contributed by atoms with Crippen LogP contribution in [0.3, 0.4) is 0 Å². The molecule has 1 aromatic rings. The molecule has 0 atom stereocenters. The number of aromatic amines is 3. The minimum Gasteiger partial charge on any atom is -0.309 e. The second-order valence-corrected chi connectivity index (χ2v) is 2.59. The smallest absolute Gasteiger partial charge is 0.178 e. The second-order valence-electron chi connectivity index (χ2n) is 1.36. The van der Waals surface area contributed by atoms with E-state index in [2.05, 4.69) is 15.0 Å². The first-order valence-electron chi connectivity index (χ1n) is 2.11. The Balaban J connectivity index is 0.000000810. The van der Waals surface area contributed by atoms with Crippen molar-refractivity contribution in [3.05, 3.63) is 14.3 Å². The molecule has 7 heteroatoms. The molecule has 1 heterocycles. The largest absolute Gasteiger partial charge is 0.309 e. The van der Waals surface area contributed by atoms with Crippen LogP contribution in [0.15, 0.2) is 0 Å². The molecule has 0 aliphatic carbocycles. The maximum Gasteiger partial charge on any atom is 0.178 e. The minimum absolute atomic E-state index is 0. The maximum absolute atomic E-state index is 4.72. The summed E-state index contributed by atoms with van der Waals surface area (Å²) in [5.74, 6) is 0. The van der Waals surface area contributed by atoms with Gasteiger partial charge in [-0.15, -0.1) is 0 Å². The molecule has 3 N–H and O–H groups in total. The Morgan fingerprint density at radius 3 is 1.10 bits per heavy atom. The van der Waals surface area contributed by atoms with E-state index in [-0.39, 0.29) is 51.4 Å². The zero-order chi connectivity index (χ0) is 6.85. The van der Waals surface area contributed by atoms with E-state index in [4.69, 9.17) is 36.7 Å². The molecule has 0 saturated heterocycles. The van der Waals surface area contributed by atoms with Crippen molar-refractivity contribution in [2.45, 2.75) is 0 Å². The van der Waals surface area contributed by atoms with Crippen molar-refractivity contribution in [2.75, 3.05) is 0 Å². The molecule has 1 radical (unpaired) electrons. The van der Waals surface area contributed by atoms with Gasteiger partial charge in [0.1, 0.15) is 0 Å². The molecule has 0 aliphatic heterocycles. The third-order valence-corrected chi connectivity index (χ3v) is 1.29. The van der Waals surface area contributed by atoms with E-state index in [9.17, 15) is 0 Å². The quantitative estimate of drug-likeness (QED) is 0.455. The van der Waals surface area contributed by atoms with Crippen molar-refractivity contribution < 1.29 is 0 Å². The van der Waals surface area contributed by atoms with Gasteiger partial charge in [-0.3, -0.25) is 0 Å². The molecule has 49 valence electrons. The predicted octanol–water partition coefficient (Wildman–Crippen LogP) is 1.48. The first-order valence-corrected chi connectivity index (χ1v) is 3.34. The van der Waals surface area contributed by atoms with Crippen LogP contribution < -0.4 is 0 Å². The molecule has 0 aliphatic rings. The molecule has 0 spiro atoms. The zero-order valence-corrected chi connectivity index (χ0v) is 10.8. The minimum atomic E-state index is 0. The van der Waals surface area contributed by atoms with Gasteiger partial charge in [-0.1, -0.05) is 0 Å². The van der Waals surface area contributed by atoms with Crippen LogP contribution in [0, 0.1) is 14.3 Å². The van der Waals surface area contributed by atoms with E-state index in [1.807, 2.05) is 0 Å². The van der Waals surface area contributed by atoms with E-state index in [0.29, 0.717) is 14.3 Å². The molecule has 10 heavy (non-hydrogen) atoms. The Labute approximate surface area is 115 Å². The molecule has 1 rings (SSSR count). The van der Waals surface area contributed by atoms with Crippen LogP contribution in [-0.4, -0.2) is 66.3 Å². The molecular formula is C3H3KN3S3. The van der Waals surface area contributed by atoms with Crippen LogP contribution in [0.25, 0.3) is 0 Å². The first kappa shape index (κ1) is 11.3. The van der Waals surface area contributed by atoms with Crippen molar-refractivity contribution in [3.8, 4) is 0 Å². The second kappa shape index (κ2) is 5.04. The van der Waals surface area contributed by atoms with Gasteiger partial charge in [0.25, 0.3) is 0 Å². The van der Waals surface area contributed by atoms with Gasteiger partial charge < -0.3 is 15.0 Å². The van der Waals surface area contributed by atoms with Crippen molar-refractivity contribution in [1.29, 1.82) is 0 Å². The summed E-state index contributed by atoms with van der Waals surface area (Å²) in [6, 6.07) is 0. The number of rotatable bonds is 0. The average Bonchev–Trinajstić information content (AvgIpc) is 1.59. The molecule has 0 bridgehead atoms. The number of hydrogen-bond donors (Lipinski definition) is 3. The van der Waals surface area contributed by atoms with E-state index in [1.165, 1.54) is 0 Å². The van der Waals surface area contributed by atoms with Gasteiger partial charge >= 0.3 is 0 Å². The monoisotopic (exact) mass is 216 g/mol. The number of nitrogens with one attached hydrogen (secondary N) is 3. The summed E-state index contributed by atoms with van der Waals surface area (Å²) in [7, 11) is 0. The van der Waals surface area contributed by atoms with Gasteiger partial charge in [0, 0.05) is 51.4 Å². The van der Waals surface area contributed by atoms with Crippen molar-refractivity contribution in [2.24, 2.45) is 0 Å². The third-order valence-electron chi connectivity index (χ3n) is 0.681. The topological polar surface area (TPSA) is 47.4 Å². The van der Waals surface area contributed by atoms with E-state index in [0.717, 1.165) is 0 Å². The maximum atomic E-state index is 4.72. The molecule has 0 amide bonds. The Hall–Kier alpha value is 1.31. The summed E-state index contributed by atoms with van der Waals surface area (Å²) >= 11 is 14.2. The van der Waals surface area contributed by atoms with Gasteiger partial charge in [-0.25, -0.2) is 0 Å².